The number of aliphatic hydroxyl groups is 2. The van der Waals surface area contributed by atoms with E-state index in [2.05, 4.69) is 10.6 Å². The fraction of sp³-hybridized carbons (Fsp3) is 0.643. The van der Waals surface area contributed by atoms with Crippen LogP contribution in [0.3, 0.4) is 0 Å². The van der Waals surface area contributed by atoms with Gasteiger partial charge in [-0.05, 0) is 13.3 Å². The summed E-state index contributed by atoms with van der Waals surface area (Å²) < 4.78 is 0. The largest absolute Gasteiger partial charge is 0.480 e. The lowest BCUT2D eigenvalue weighted by atomic mass is 10.1. The maximum absolute atomic E-state index is 11.9. The number of primary amides is 1. The number of carbonyl (C=O) groups excluding carboxylic acids is 4. The van der Waals surface area contributed by atoms with Gasteiger partial charge in [0.25, 0.3) is 0 Å². The number of hydrogen-bond donors (Lipinski definition) is 8. The molecule has 0 rings (SSSR count). The van der Waals surface area contributed by atoms with Gasteiger partial charge in [0.15, 0.2) is 6.04 Å². The highest BCUT2D eigenvalue weighted by molar-refractivity contribution is 5.92. The summed E-state index contributed by atoms with van der Waals surface area (Å²) in [4.78, 5) is 56.9. The number of aliphatic carboxylic acids is 1. The molecule has 4 atom stereocenters. The first-order chi connectivity index (χ1) is 12.5. The van der Waals surface area contributed by atoms with E-state index in [1.165, 1.54) is 0 Å². The molecule has 0 aromatic carbocycles. The van der Waals surface area contributed by atoms with Gasteiger partial charge in [-0.3, -0.25) is 19.2 Å². The Hall–Kier alpha value is -2.77. The van der Waals surface area contributed by atoms with Crippen LogP contribution in [0.15, 0.2) is 0 Å². The highest BCUT2D eigenvalue weighted by Crippen LogP contribution is 1.96. The molecule has 0 aromatic rings. The Bertz CT molecular complexity index is 568. The van der Waals surface area contributed by atoms with Gasteiger partial charge in [0.1, 0.15) is 6.04 Å². The molecule has 4 unspecified atom stereocenters. The molecular formula is C14H25N5O8. The summed E-state index contributed by atoms with van der Waals surface area (Å²) in [5, 5.41) is 33.6. The lowest BCUT2D eigenvalue weighted by Gasteiger charge is -2.21. The van der Waals surface area contributed by atoms with Crippen molar-refractivity contribution in [1.29, 1.82) is 0 Å². The van der Waals surface area contributed by atoms with Crippen molar-refractivity contribution in [3.05, 3.63) is 0 Å². The van der Waals surface area contributed by atoms with E-state index in [1.807, 2.05) is 5.32 Å². The van der Waals surface area contributed by atoms with E-state index in [0.29, 0.717) is 0 Å². The Labute approximate surface area is 154 Å². The average molecular weight is 391 g/mol. The van der Waals surface area contributed by atoms with E-state index in [0.717, 1.165) is 6.92 Å². The molecule has 0 spiro atoms. The van der Waals surface area contributed by atoms with Gasteiger partial charge in [0, 0.05) is 6.42 Å². The average Bonchev–Trinajstić information content (AvgIpc) is 2.58. The first kappa shape index (κ1) is 24.2. The molecule has 0 bridgehead atoms. The number of carboxylic acids is 1. The molecule has 0 heterocycles. The van der Waals surface area contributed by atoms with E-state index >= 15 is 0 Å². The maximum atomic E-state index is 11.9. The number of rotatable bonds is 12. The van der Waals surface area contributed by atoms with Crippen molar-refractivity contribution in [2.45, 2.75) is 44.0 Å². The van der Waals surface area contributed by atoms with Crippen molar-refractivity contribution in [3.8, 4) is 0 Å². The number of aliphatic hydroxyl groups excluding tert-OH is 2. The van der Waals surface area contributed by atoms with Crippen LogP contribution in [0.5, 0.6) is 0 Å². The van der Waals surface area contributed by atoms with Crippen molar-refractivity contribution in [2.75, 3.05) is 13.2 Å². The van der Waals surface area contributed by atoms with Crippen molar-refractivity contribution in [1.82, 2.24) is 16.0 Å². The maximum Gasteiger partial charge on any atom is 0.328 e. The molecule has 0 radical (unpaired) electrons. The molecule has 0 saturated carbocycles. The van der Waals surface area contributed by atoms with Gasteiger partial charge in [-0.15, -0.1) is 0 Å². The van der Waals surface area contributed by atoms with E-state index in [4.69, 9.17) is 16.6 Å². The van der Waals surface area contributed by atoms with Crippen LogP contribution >= 0.6 is 0 Å². The Morgan fingerprint density at radius 3 is 2.11 bits per heavy atom. The molecule has 27 heavy (non-hydrogen) atoms. The van der Waals surface area contributed by atoms with Crippen molar-refractivity contribution < 1.29 is 39.3 Å². The van der Waals surface area contributed by atoms with Crippen molar-refractivity contribution >= 4 is 29.6 Å². The quantitative estimate of drug-likeness (QED) is 0.159. The van der Waals surface area contributed by atoms with E-state index in [1.54, 1.807) is 0 Å². The Morgan fingerprint density at radius 1 is 1.07 bits per heavy atom. The highest BCUT2D eigenvalue weighted by Gasteiger charge is 2.29. The number of hydrogen-bond acceptors (Lipinski definition) is 8. The topological polar surface area (TPSA) is 234 Å². The molecule has 0 aromatic heterocycles. The predicted octanol–water partition coefficient (Wildman–Crippen LogP) is -4.88. The molecule has 154 valence electrons. The molecule has 0 aliphatic rings. The van der Waals surface area contributed by atoms with Crippen LogP contribution in [0.4, 0.5) is 0 Å². The zero-order valence-electron chi connectivity index (χ0n) is 14.7. The highest BCUT2D eigenvalue weighted by atomic mass is 16.4. The third-order valence-corrected chi connectivity index (χ3v) is 3.34. The smallest absolute Gasteiger partial charge is 0.328 e. The molecule has 0 saturated heterocycles. The lowest BCUT2D eigenvalue weighted by Crippen LogP contribution is -2.57. The Balaban J connectivity index is 4.55. The van der Waals surface area contributed by atoms with Gasteiger partial charge in [-0.25, -0.2) is 4.79 Å². The molecule has 10 N–H and O–H groups in total. The van der Waals surface area contributed by atoms with Crippen LogP contribution in [-0.4, -0.2) is 82.3 Å². The number of amides is 4. The predicted molar refractivity (Wildman–Crippen MR) is 89.7 cm³/mol. The second kappa shape index (κ2) is 11.8. The number of nitrogens with two attached hydrogens (primary N) is 2. The lowest BCUT2D eigenvalue weighted by molar-refractivity contribution is -0.145. The van der Waals surface area contributed by atoms with Gasteiger partial charge in [0.05, 0.1) is 25.3 Å². The fourth-order valence-corrected chi connectivity index (χ4v) is 1.81. The summed E-state index contributed by atoms with van der Waals surface area (Å²) in [6, 6.07) is -4.20. The summed E-state index contributed by atoms with van der Waals surface area (Å²) >= 11 is 0. The second-order valence-electron chi connectivity index (χ2n) is 5.70. The van der Waals surface area contributed by atoms with Gasteiger partial charge >= 0.3 is 5.97 Å². The van der Waals surface area contributed by atoms with Crippen LogP contribution in [0, 0.1) is 0 Å². The summed E-state index contributed by atoms with van der Waals surface area (Å²) in [5.74, 6) is -4.76. The summed E-state index contributed by atoms with van der Waals surface area (Å²) in [7, 11) is 0. The first-order valence-electron chi connectivity index (χ1n) is 7.92. The van der Waals surface area contributed by atoms with Crippen LogP contribution in [0.2, 0.25) is 0 Å². The Morgan fingerprint density at radius 2 is 1.67 bits per heavy atom. The molecule has 13 nitrogen and oxygen atoms in total. The first-order valence-corrected chi connectivity index (χ1v) is 7.92. The number of nitrogens with one attached hydrogen (secondary N) is 3. The van der Waals surface area contributed by atoms with Crippen molar-refractivity contribution in [3.63, 3.8) is 0 Å². The summed E-state index contributed by atoms with van der Waals surface area (Å²) in [6.07, 6.45) is -1.54. The monoisotopic (exact) mass is 391 g/mol. The Kier molecular flexibility index (Phi) is 10.6. The summed E-state index contributed by atoms with van der Waals surface area (Å²) in [5.41, 5.74) is 10.4. The molecule has 13 heteroatoms. The van der Waals surface area contributed by atoms with Crippen LogP contribution in [0.1, 0.15) is 19.8 Å². The van der Waals surface area contributed by atoms with E-state index < -0.39 is 67.0 Å². The van der Waals surface area contributed by atoms with Crippen LogP contribution in [-0.2, 0) is 24.0 Å². The van der Waals surface area contributed by atoms with Gasteiger partial charge in [-0.1, -0.05) is 0 Å². The van der Waals surface area contributed by atoms with Gasteiger partial charge < -0.3 is 42.7 Å². The van der Waals surface area contributed by atoms with Crippen LogP contribution < -0.4 is 27.4 Å². The van der Waals surface area contributed by atoms with Crippen molar-refractivity contribution in [2.24, 2.45) is 11.5 Å². The van der Waals surface area contributed by atoms with Crippen LogP contribution in [0.25, 0.3) is 0 Å². The minimum atomic E-state index is -1.63. The second-order valence-corrected chi connectivity index (χ2v) is 5.70. The molecule has 0 aliphatic carbocycles. The van der Waals surface area contributed by atoms with E-state index in [9.17, 15) is 34.2 Å². The number of carbonyl (C=O) groups is 5. The zero-order valence-corrected chi connectivity index (χ0v) is 14.7. The molecule has 0 fully saturated rings. The van der Waals surface area contributed by atoms with Gasteiger partial charge in [0.2, 0.25) is 23.6 Å². The normalized spacial score (nSPS) is 15.0. The minimum absolute atomic E-state index is 0.0135. The minimum Gasteiger partial charge on any atom is -0.480 e. The molecular weight excluding hydrogens is 366 g/mol. The SMILES string of the molecule is CC(O)C(NC(=O)C(CO)NC(=O)CNC(=O)C(N)CCC(N)=O)C(=O)O. The zero-order chi connectivity index (χ0) is 21.1. The standard InChI is InChI=1S/C14H25N5O8/c1-6(21)11(14(26)27)19-13(25)8(5-20)18-10(23)4-17-12(24)7(15)2-3-9(16)22/h6-8,11,20-21H,2-5,15H2,1H3,(H2,16,22)(H,17,24)(H,18,23)(H,19,25)(H,26,27). The molecule has 4 amide bonds. The number of carboxylic acid groups (broad SMARTS) is 1. The van der Waals surface area contributed by atoms with Gasteiger partial charge in [-0.2, -0.15) is 0 Å². The van der Waals surface area contributed by atoms with E-state index in [-0.39, 0.29) is 12.8 Å². The summed E-state index contributed by atoms with van der Waals surface area (Å²) in [6.45, 7) is -0.288. The molecule has 0 aliphatic heterocycles. The fourth-order valence-electron chi connectivity index (χ4n) is 1.81. The third kappa shape index (κ3) is 9.48. The third-order valence-electron chi connectivity index (χ3n) is 3.34.